The first-order valence-corrected chi connectivity index (χ1v) is 15.4. The molecule has 0 fully saturated rings. The van der Waals surface area contributed by atoms with Crippen LogP contribution in [0.3, 0.4) is 0 Å². The molecule has 196 valence electrons. The molecule has 33 heavy (non-hydrogen) atoms. The quantitative estimate of drug-likeness (QED) is 0.0644. The van der Waals surface area contributed by atoms with Crippen molar-refractivity contribution >= 4 is 6.08 Å². The fourth-order valence-electron chi connectivity index (χ4n) is 4.97. The topological polar surface area (TPSA) is 29.4 Å². The van der Waals surface area contributed by atoms with Gasteiger partial charge < -0.3 is 0 Å². The van der Waals surface area contributed by atoms with Crippen LogP contribution >= 0.6 is 0 Å². The summed E-state index contributed by atoms with van der Waals surface area (Å²) < 4.78 is 0. The van der Waals surface area contributed by atoms with Gasteiger partial charge in [-0.05, 0) is 12.8 Å². The second-order valence-corrected chi connectivity index (χ2v) is 10.6. The van der Waals surface area contributed by atoms with Crippen molar-refractivity contribution in [1.82, 2.24) is 0 Å². The molecule has 0 aliphatic carbocycles. The zero-order chi connectivity index (χ0) is 24.1. The van der Waals surface area contributed by atoms with Gasteiger partial charge in [-0.2, -0.15) is 0 Å². The SMILES string of the molecule is CCCCCCCCCCCCCCCC(CCCCCCCCCCCCCC)N=C=O. The molecule has 0 N–H and O–H groups in total. The van der Waals surface area contributed by atoms with Crippen molar-refractivity contribution in [3.63, 3.8) is 0 Å². The molecule has 0 rings (SSSR count). The first-order valence-electron chi connectivity index (χ1n) is 15.4. The monoisotopic (exact) mass is 463 g/mol. The third kappa shape index (κ3) is 27.5. The van der Waals surface area contributed by atoms with Crippen LogP contribution in [0.5, 0.6) is 0 Å². The maximum absolute atomic E-state index is 10.8. The molecule has 0 amide bonds. The van der Waals surface area contributed by atoms with Gasteiger partial charge in [-0.15, -0.1) is 0 Å². The van der Waals surface area contributed by atoms with E-state index in [1.54, 1.807) is 0 Å². The molecule has 0 spiro atoms. The van der Waals surface area contributed by atoms with E-state index >= 15 is 0 Å². The minimum atomic E-state index is 0.235. The number of isocyanates is 1. The Balaban J connectivity index is 3.41. The molecule has 1 atom stereocenters. The van der Waals surface area contributed by atoms with E-state index in [4.69, 9.17) is 0 Å². The van der Waals surface area contributed by atoms with Crippen molar-refractivity contribution in [1.29, 1.82) is 0 Å². The van der Waals surface area contributed by atoms with Gasteiger partial charge in [0.1, 0.15) is 0 Å². The Labute approximate surface area is 209 Å². The maximum Gasteiger partial charge on any atom is 0.235 e. The number of unbranched alkanes of at least 4 members (excludes halogenated alkanes) is 23. The van der Waals surface area contributed by atoms with Crippen molar-refractivity contribution < 1.29 is 4.79 Å². The molecule has 0 aliphatic heterocycles. The third-order valence-electron chi connectivity index (χ3n) is 7.27. The summed E-state index contributed by atoms with van der Waals surface area (Å²) in [5.74, 6) is 0. The van der Waals surface area contributed by atoms with E-state index in [-0.39, 0.29) is 6.04 Å². The normalized spacial score (nSPS) is 12.1. The van der Waals surface area contributed by atoms with Crippen molar-refractivity contribution in [2.45, 2.75) is 193 Å². The Kier molecular flexibility index (Phi) is 28.9. The Morgan fingerprint density at radius 2 is 0.667 bits per heavy atom. The fourth-order valence-corrected chi connectivity index (χ4v) is 4.97. The van der Waals surface area contributed by atoms with Crippen LogP contribution in [0.2, 0.25) is 0 Å². The lowest BCUT2D eigenvalue weighted by molar-refractivity contribution is 0.474. The smallest absolute Gasteiger partial charge is 0.211 e. The number of nitrogens with zero attached hydrogens (tertiary/aromatic N) is 1. The van der Waals surface area contributed by atoms with Crippen LogP contribution in [-0.2, 0) is 4.79 Å². The second-order valence-electron chi connectivity index (χ2n) is 10.6. The van der Waals surface area contributed by atoms with Crippen molar-refractivity contribution in [2.24, 2.45) is 4.99 Å². The van der Waals surface area contributed by atoms with Gasteiger partial charge in [0, 0.05) is 0 Å². The lowest BCUT2D eigenvalue weighted by Crippen LogP contribution is -2.04. The van der Waals surface area contributed by atoms with Gasteiger partial charge in [-0.3, -0.25) is 0 Å². The van der Waals surface area contributed by atoms with Gasteiger partial charge in [0.15, 0.2) is 0 Å². The lowest BCUT2D eigenvalue weighted by Gasteiger charge is -2.10. The molecule has 2 nitrogen and oxygen atoms in total. The first-order chi connectivity index (χ1) is 16.3. The van der Waals surface area contributed by atoms with Crippen molar-refractivity contribution in [3.8, 4) is 0 Å². The average molecular weight is 464 g/mol. The highest BCUT2D eigenvalue weighted by molar-refractivity contribution is 5.33. The first kappa shape index (κ1) is 32.4. The summed E-state index contributed by atoms with van der Waals surface area (Å²) in [6.45, 7) is 4.57. The van der Waals surface area contributed by atoms with E-state index in [0.717, 1.165) is 12.8 Å². The molecule has 0 heterocycles. The van der Waals surface area contributed by atoms with Crippen LogP contribution in [-0.4, -0.2) is 12.1 Å². The summed E-state index contributed by atoms with van der Waals surface area (Å²) in [5, 5.41) is 0. The molecule has 0 aromatic rings. The highest BCUT2D eigenvalue weighted by Gasteiger charge is 2.06. The predicted octanol–water partition coefficient (Wildman–Crippen LogP) is 11.3. The Bertz CT molecular complexity index is 402. The van der Waals surface area contributed by atoms with Crippen molar-refractivity contribution in [2.75, 3.05) is 0 Å². The zero-order valence-electron chi connectivity index (χ0n) is 23.0. The van der Waals surface area contributed by atoms with E-state index < -0.39 is 0 Å². The molecule has 0 aliphatic rings. The Hall–Kier alpha value is -0.620. The molecule has 1 unspecified atom stereocenters. The highest BCUT2D eigenvalue weighted by atomic mass is 16.1. The van der Waals surface area contributed by atoms with Gasteiger partial charge in [0.05, 0.1) is 6.04 Å². The van der Waals surface area contributed by atoms with Gasteiger partial charge in [-0.25, -0.2) is 9.79 Å². The van der Waals surface area contributed by atoms with E-state index in [2.05, 4.69) is 18.8 Å². The standard InChI is InChI=1S/C31H61NO/c1-3-5-7-9-11-13-15-17-19-21-23-25-27-29-31(32-30-33)28-26-24-22-20-18-16-14-12-10-8-6-4-2/h31H,3-29H2,1-2H3. The third-order valence-corrected chi connectivity index (χ3v) is 7.27. The number of hydrogen-bond acceptors (Lipinski definition) is 2. The van der Waals surface area contributed by atoms with E-state index in [1.807, 2.05) is 6.08 Å². The summed E-state index contributed by atoms with van der Waals surface area (Å²) >= 11 is 0. The number of carbonyl (C=O) groups excluding carboxylic acids is 1. The molecule has 0 aromatic heterocycles. The summed E-state index contributed by atoms with van der Waals surface area (Å²) in [4.78, 5) is 14.9. The maximum atomic E-state index is 10.8. The molecular formula is C31H61NO. The highest BCUT2D eigenvalue weighted by Crippen LogP contribution is 2.18. The molecule has 0 saturated carbocycles. The van der Waals surface area contributed by atoms with E-state index in [0.29, 0.717) is 0 Å². The van der Waals surface area contributed by atoms with Crippen LogP contribution in [0, 0.1) is 0 Å². The minimum absolute atomic E-state index is 0.235. The minimum Gasteiger partial charge on any atom is -0.211 e. The number of hydrogen-bond donors (Lipinski definition) is 0. The molecule has 0 saturated heterocycles. The number of rotatable bonds is 28. The van der Waals surface area contributed by atoms with Gasteiger partial charge in [-0.1, -0.05) is 174 Å². The van der Waals surface area contributed by atoms with Crippen LogP contribution in [0.1, 0.15) is 187 Å². The molecule has 0 aromatic carbocycles. The summed E-state index contributed by atoms with van der Waals surface area (Å²) in [7, 11) is 0. The lowest BCUT2D eigenvalue weighted by atomic mass is 10.00. The summed E-state index contributed by atoms with van der Waals surface area (Å²) in [5.41, 5.74) is 0. The van der Waals surface area contributed by atoms with Gasteiger partial charge >= 0.3 is 0 Å². The Morgan fingerprint density at radius 3 is 0.909 bits per heavy atom. The van der Waals surface area contributed by atoms with Crippen LogP contribution in [0.25, 0.3) is 0 Å². The summed E-state index contributed by atoms with van der Waals surface area (Å²) in [6, 6.07) is 0.235. The fraction of sp³-hybridized carbons (Fsp3) is 0.968. The average Bonchev–Trinajstić information content (AvgIpc) is 2.82. The van der Waals surface area contributed by atoms with Gasteiger partial charge in [0.25, 0.3) is 0 Å². The Morgan fingerprint density at radius 1 is 0.424 bits per heavy atom. The molecule has 0 radical (unpaired) electrons. The van der Waals surface area contributed by atoms with Crippen LogP contribution < -0.4 is 0 Å². The zero-order valence-corrected chi connectivity index (χ0v) is 23.0. The van der Waals surface area contributed by atoms with Gasteiger partial charge in [0.2, 0.25) is 6.08 Å². The largest absolute Gasteiger partial charge is 0.235 e. The second kappa shape index (κ2) is 29.4. The predicted molar refractivity (Wildman–Crippen MR) is 148 cm³/mol. The molecule has 0 bridgehead atoms. The van der Waals surface area contributed by atoms with Crippen LogP contribution in [0.15, 0.2) is 4.99 Å². The summed E-state index contributed by atoms with van der Waals surface area (Å²) in [6.07, 6.45) is 38.6. The number of aliphatic imine (C=N–C) groups is 1. The molecule has 2 heteroatoms. The molecular weight excluding hydrogens is 402 g/mol. The van der Waals surface area contributed by atoms with Crippen molar-refractivity contribution in [3.05, 3.63) is 0 Å². The van der Waals surface area contributed by atoms with E-state index in [9.17, 15) is 4.79 Å². The van der Waals surface area contributed by atoms with Crippen LogP contribution in [0.4, 0.5) is 0 Å². The van der Waals surface area contributed by atoms with E-state index in [1.165, 1.54) is 161 Å².